The summed E-state index contributed by atoms with van der Waals surface area (Å²) in [6.45, 7) is 0. The minimum Gasteiger partial charge on any atom is -0.418 e. The molecule has 0 fully saturated rings. The van der Waals surface area contributed by atoms with Crippen LogP contribution in [0.2, 0.25) is 0 Å². The van der Waals surface area contributed by atoms with Crippen LogP contribution in [0.4, 0.5) is 5.69 Å². The quantitative estimate of drug-likeness (QED) is 0.728. The van der Waals surface area contributed by atoms with Crippen LogP contribution in [0.25, 0.3) is 22.7 Å². The highest BCUT2D eigenvalue weighted by Gasteiger charge is 2.07. The smallest absolute Gasteiger partial charge is 0.247 e. The van der Waals surface area contributed by atoms with Crippen LogP contribution >= 0.6 is 0 Å². The molecule has 0 unspecified atom stereocenters. The van der Waals surface area contributed by atoms with Gasteiger partial charge in [-0.25, -0.2) is 9.97 Å². The van der Waals surface area contributed by atoms with Crippen molar-refractivity contribution in [2.45, 2.75) is 0 Å². The number of nitrogens with zero attached hydrogens (tertiary/aromatic N) is 2. The molecule has 17 heavy (non-hydrogen) atoms. The number of aromatic nitrogens is 2. The largest absolute Gasteiger partial charge is 0.418 e. The summed E-state index contributed by atoms with van der Waals surface area (Å²) in [6, 6.07) is 11.6. The molecule has 3 rings (SSSR count). The minimum absolute atomic E-state index is 0.570. The normalized spacial score (nSPS) is 10.6. The van der Waals surface area contributed by atoms with Crippen molar-refractivity contribution in [1.82, 2.24) is 9.97 Å². The molecule has 1 aromatic carbocycles. The number of pyridine rings is 1. The van der Waals surface area contributed by atoms with E-state index in [9.17, 15) is 0 Å². The predicted molar refractivity (Wildman–Crippen MR) is 66.8 cm³/mol. The fourth-order valence-corrected chi connectivity index (χ4v) is 1.67. The van der Waals surface area contributed by atoms with Gasteiger partial charge in [0.1, 0.15) is 5.52 Å². The van der Waals surface area contributed by atoms with E-state index in [1.807, 2.05) is 43.4 Å². The Morgan fingerprint density at radius 2 is 1.94 bits per heavy atom. The SMILES string of the molecule is CNc1ccc(-c2nc3cccnc3o2)cc1. The molecular weight excluding hydrogens is 214 g/mol. The van der Waals surface area contributed by atoms with Crippen molar-refractivity contribution >= 4 is 16.9 Å². The van der Waals surface area contributed by atoms with Crippen LogP contribution in [-0.2, 0) is 0 Å². The Labute approximate surface area is 98.3 Å². The molecule has 4 nitrogen and oxygen atoms in total. The zero-order valence-corrected chi connectivity index (χ0v) is 9.34. The van der Waals surface area contributed by atoms with Crippen molar-refractivity contribution in [3.05, 3.63) is 42.6 Å². The third kappa shape index (κ3) is 1.73. The molecule has 0 amide bonds. The number of rotatable bonds is 2. The van der Waals surface area contributed by atoms with Crippen LogP contribution in [0.15, 0.2) is 47.0 Å². The number of hydrogen-bond acceptors (Lipinski definition) is 4. The molecule has 0 atom stereocenters. The fourth-order valence-electron chi connectivity index (χ4n) is 1.67. The summed E-state index contributed by atoms with van der Waals surface area (Å²) in [5.74, 6) is 0.598. The highest BCUT2D eigenvalue weighted by Crippen LogP contribution is 2.23. The molecule has 4 heteroatoms. The van der Waals surface area contributed by atoms with E-state index in [4.69, 9.17) is 4.42 Å². The predicted octanol–water partition coefficient (Wildman–Crippen LogP) is 2.93. The van der Waals surface area contributed by atoms with Crippen molar-refractivity contribution < 1.29 is 4.42 Å². The lowest BCUT2D eigenvalue weighted by Gasteiger charge is -1.99. The molecule has 0 aliphatic heterocycles. The van der Waals surface area contributed by atoms with Gasteiger partial charge in [0.15, 0.2) is 0 Å². The van der Waals surface area contributed by atoms with E-state index in [-0.39, 0.29) is 0 Å². The maximum Gasteiger partial charge on any atom is 0.247 e. The van der Waals surface area contributed by atoms with Gasteiger partial charge in [-0.15, -0.1) is 0 Å². The lowest BCUT2D eigenvalue weighted by molar-refractivity contribution is 0.608. The Morgan fingerprint density at radius 3 is 2.65 bits per heavy atom. The minimum atomic E-state index is 0.570. The number of benzene rings is 1. The first-order valence-corrected chi connectivity index (χ1v) is 5.36. The summed E-state index contributed by atoms with van der Waals surface area (Å²) in [5.41, 5.74) is 3.35. The molecule has 0 bridgehead atoms. The van der Waals surface area contributed by atoms with E-state index in [0.717, 1.165) is 16.8 Å². The Bertz CT molecular complexity index is 610. The first-order valence-electron chi connectivity index (χ1n) is 5.36. The van der Waals surface area contributed by atoms with Crippen LogP contribution in [-0.4, -0.2) is 17.0 Å². The Hall–Kier alpha value is -2.36. The van der Waals surface area contributed by atoms with Gasteiger partial charge in [-0.2, -0.15) is 0 Å². The summed E-state index contributed by atoms with van der Waals surface area (Å²) < 4.78 is 5.58. The average molecular weight is 225 g/mol. The summed E-state index contributed by atoms with van der Waals surface area (Å²) in [5, 5.41) is 3.07. The van der Waals surface area contributed by atoms with Gasteiger partial charge in [-0.05, 0) is 36.4 Å². The van der Waals surface area contributed by atoms with E-state index >= 15 is 0 Å². The van der Waals surface area contributed by atoms with Gasteiger partial charge < -0.3 is 9.73 Å². The van der Waals surface area contributed by atoms with Crippen molar-refractivity contribution in [2.75, 3.05) is 12.4 Å². The standard InChI is InChI=1S/C13H11N3O/c1-14-10-6-4-9(5-7-10)12-16-11-3-2-8-15-13(11)17-12/h2-8,14H,1H3. The number of hydrogen-bond donors (Lipinski definition) is 1. The average Bonchev–Trinajstić information content (AvgIpc) is 2.82. The number of nitrogens with one attached hydrogen (secondary N) is 1. The van der Waals surface area contributed by atoms with E-state index in [0.29, 0.717) is 11.6 Å². The Balaban J connectivity index is 2.07. The maximum atomic E-state index is 5.58. The van der Waals surface area contributed by atoms with E-state index in [1.54, 1.807) is 6.20 Å². The molecule has 0 aliphatic rings. The van der Waals surface area contributed by atoms with Crippen molar-refractivity contribution in [3.63, 3.8) is 0 Å². The molecule has 2 aromatic heterocycles. The summed E-state index contributed by atoms with van der Waals surface area (Å²) in [4.78, 5) is 8.51. The van der Waals surface area contributed by atoms with Crippen molar-refractivity contribution in [3.8, 4) is 11.5 Å². The molecule has 2 heterocycles. The van der Waals surface area contributed by atoms with Gasteiger partial charge in [0.05, 0.1) is 0 Å². The zero-order chi connectivity index (χ0) is 11.7. The molecular formula is C13H11N3O. The third-order valence-corrected chi connectivity index (χ3v) is 2.59. The second kappa shape index (κ2) is 3.90. The Morgan fingerprint density at radius 1 is 1.12 bits per heavy atom. The zero-order valence-electron chi connectivity index (χ0n) is 9.34. The van der Waals surface area contributed by atoms with Crippen LogP contribution in [0, 0.1) is 0 Å². The van der Waals surface area contributed by atoms with E-state index in [2.05, 4.69) is 15.3 Å². The first-order chi connectivity index (χ1) is 8.36. The van der Waals surface area contributed by atoms with Gasteiger partial charge in [0.25, 0.3) is 0 Å². The van der Waals surface area contributed by atoms with Crippen LogP contribution < -0.4 is 5.32 Å². The molecule has 3 aromatic rings. The van der Waals surface area contributed by atoms with E-state index in [1.165, 1.54) is 0 Å². The maximum absolute atomic E-state index is 5.58. The number of anilines is 1. The highest BCUT2D eigenvalue weighted by molar-refractivity contribution is 5.72. The molecule has 84 valence electrons. The molecule has 0 aliphatic carbocycles. The second-order valence-electron chi connectivity index (χ2n) is 3.67. The monoisotopic (exact) mass is 225 g/mol. The van der Waals surface area contributed by atoms with E-state index < -0.39 is 0 Å². The van der Waals surface area contributed by atoms with Crippen LogP contribution in [0.5, 0.6) is 0 Å². The van der Waals surface area contributed by atoms with Crippen molar-refractivity contribution in [2.24, 2.45) is 0 Å². The number of fused-ring (bicyclic) bond motifs is 1. The first kappa shape index (κ1) is 9.84. The molecule has 1 N–H and O–H groups in total. The summed E-state index contributed by atoms with van der Waals surface area (Å²) in [6.07, 6.45) is 1.70. The molecule has 0 radical (unpaired) electrons. The molecule has 0 saturated heterocycles. The Kier molecular flexibility index (Phi) is 2.26. The molecule has 0 spiro atoms. The fraction of sp³-hybridized carbons (Fsp3) is 0.0769. The van der Waals surface area contributed by atoms with Gasteiger partial charge in [-0.3, -0.25) is 0 Å². The van der Waals surface area contributed by atoms with Gasteiger partial charge in [-0.1, -0.05) is 0 Å². The third-order valence-electron chi connectivity index (χ3n) is 2.59. The lowest BCUT2D eigenvalue weighted by Crippen LogP contribution is -1.86. The van der Waals surface area contributed by atoms with Crippen LogP contribution in [0.1, 0.15) is 0 Å². The van der Waals surface area contributed by atoms with Gasteiger partial charge >= 0.3 is 0 Å². The van der Waals surface area contributed by atoms with Crippen molar-refractivity contribution in [1.29, 1.82) is 0 Å². The van der Waals surface area contributed by atoms with Crippen LogP contribution in [0.3, 0.4) is 0 Å². The second-order valence-corrected chi connectivity index (χ2v) is 3.67. The topological polar surface area (TPSA) is 51.0 Å². The summed E-state index contributed by atoms with van der Waals surface area (Å²) in [7, 11) is 1.89. The highest BCUT2D eigenvalue weighted by atomic mass is 16.4. The van der Waals surface area contributed by atoms with Gasteiger partial charge in [0, 0.05) is 24.5 Å². The number of oxazole rings is 1. The summed E-state index contributed by atoms with van der Waals surface area (Å²) >= 11 is 0. The van der Waals surface area contributed by atoms with Gasteiger partial charge in [0.2, 0.25) is 11.6 Å². The lowest BCUT2D eigenvalue weighted by atomic mass is 10.2. The molecule has 0 saturated carbocycles.